The van der Waals surface area contributed by atoms with Crippen LogP contribution in [-0.2, 0) is 4.79 Å². The second-order valence-corrected chi connectivity index (χ2v) is 5.69. The smallest absolute Gasteiger partial charge is 0.305 e. The Morgan fingerprint density at radius 3 is 2.53 bits per heavy atom. The number of carboxylic acid groups (broad SMARTS) is 1. The van der Waals surface area contributed by atoms with Crippen molar-refractivity contribution < 1.29 is 14.7 Å². The lowest BCUT2D eigenvalue weighted by Gasteiger charge is -2.21. The molecule has 0 aromatic heterocycles. The van der Waals surface area contributed by atoms with Gasteiger partial charge >= 0.3 is 5.97 Å². The summed E-state index contributed by atoms with van der Waals surface area (Å²) in [7, 11) is 0. The van der Waals surface area contributed by atoms with Crippen LogP contribution in [0.5, 0.6) is 0 Å². The Hall–Kier alpha value is -1.36. The molecule has 0 fully saturated rings. The predicted octanol–water partition coefficient (Wildman–Crippen LogP) is 2.99. The van der Waals surface area contributed by atoms with Gasteiger partial charge in [0.15, 0.2) is 0 Å². The van der Waals surface area contributed by atoms with E-state index < -0.39 is 5.97 Å². The number of carbonyl (C=O) groups excluding carboxylic acids is 1. The Morgan fingerprint density at radius 2 is 2.00 bits per heavy atom. The lowest BCUT2D eigenvalue weighted by Crippen LogP contribution is -2.40. The van der Waals surface area contributed by atoms with Crippen molar-refractivity contribution in [2.45, 2.75) is 33.2 Å². The van der Waals surface area contributed by atoms with Crippen molar-refractivity contribution in [3.63, 3.8) is 0 Å². The van der Waals surface area contributed by atoms with E-state index in [0.29, 0.717) is 5.56 Å². The number of rotatable bonds is 5. The minimum absolute atomic E-state index is 0.0625. The Bertz CT molecular complexity index is 486. The molecule has 104 valence electrons. The number of halogens is 1. The third kappa shape index (κ3) is 4.35. The van der Waals surface area contributed by atoms with Crippen LogP contribution in [0, 0.1) is 12.8 Å². The molecule has 2 N–H and O–H groups in total. The zero-order valence-electron chi connectivity index (χ0n) is 11.2. The minimum Gasteiger partial charge on any atom is -0.481 e. The molecule has 0 aliphatic heterocycles. The van der Waals surface area contributed by atoms with Gasteiger partial charge in [0, 0.05) is 16.1 Å². The molecule has 0 saturated carbocycles. The van der Waals surface area contributed by atoms with Crippen molar-refractivity contribution in [2.24, 2.45) is 5.92 Å². The van der Waals surface area contributed by atoms with E-state index in [1.807, 2.05) is 26.8 Å². The van der Waals surface area contributed by atoms with E-state index in [-0.39, 0.29) is 24.3 Å². The molecule has 19 heavy (non-hydrogen) atoms. The van der Waals surface area contributed by atoms with Crippen LogP contribution in [0.15, 0.2) is 22.7 Å². The highest BCUT2D eigenvalue weighted by Crippen LogP contribution is 2.20. The number of benzene rings is 1. The normalized spacial score (nSPS) is 12.3. The number of hydrogen-bond donors (Lipinski definition) is 2. The monoisotopic (exact) mass is 327 g/mol. The van der Waals surface area contributed by atoms with E-state index in [4.69, 9.17) is 5.11 Å². The molecule has 0 aliphatic carbocycles. The van der Waals surface area contributed by atoms with Crippen molar-refractivity contribution in [2.75, 3.05) is 0 Å². The van der Waals surface area contributed by atoms with Crippen molar-refractivity contribution >= 4 is 27.8 Å². The van der Waals surface area contributed by atoms with E-state index in [1.54, 1.807) is 12.1 Å². The molecule has 0 radical (unpaired) electrons. The number of nitrogens with one attached hydrogen (secondary N) is 1. The van der Waals surface area contributed by atoms with Crippen LogP contribution in [0.25, 0.3) is 0 Å². The minimum atomic E-state index is -0.912. The Balaban J connectivity index is 2.88. The topological polar surface area (TPSA) is 66.4 Å². The summed E-state index contributed by atoms with van der Waals surface area (Å²) in [5, 5.41) is 11.6. The predicted molar refractivity (Wildman–Crippen MR) is 77.2 cm³/mol. The number of carbonyl (C=O) groups is 2. The first-order valence-corrected chi connectivity index (χ1v) is 6.90. The molecule has 4 nitrogen and oxygen atoms in total. The highest BCUT2D eigenvalue weighted by Gasteiger charge is 2.21. The van der Waals surface area contributed by atoms with Crippen LogP contribution in [0.3, 0.4) is 0 Å². The standard InChI is InChI=1S/C14H18BrNO3/c1-8(2)12(7-13(17)18)16-14(19)10-5-4-6-11(15)9(10)3/h4-6,8,12H,7H2,1-3H3,(H,16,19)(H,17,18). The zero-order chi connectivity index (χ0) is 14.6. The van der Waals surface area contributed by atoms with Gasteiger partial charge in [-0.1, -0.05) is 35.8 Å². The van der Waals surface area contributed by atoms with Crippen molar-refractivity contribution in [3.05, 3.63) is 33.8 Å². The molecular formula is C14H18BrNO3. The fourth-order valence-electron chi connectivity index (χ4n) is 1.74. The summed E-state index contributed by atoms with van der Waals surface area (Å²) in [6, 6.07) is 5.01. The lowest BCUT2D eigenvalue weighted by molar-refractivity contribution is -0.137. The summed E-state index contributed by atoms with van der Waals surface area (Å²) in [5.41, 5.74) is 1.41. The van der Waals surface area contributed by atoms with Gasteiger partial charge in [-0.25, -0.2) is 0 Å². The summed E-state index contributed by atoms with van der Waals surface area (Å²) in [6.45, 7) is 5.63. The van der Waals surface area contributed by atoms with E-state index in [9.17, 15) is 9.59 Å². The van der Waals surface area contributed by atoms with Gasteiger partial charge in [0.1, 0.15) is 0 Å². The maximum atomic E-state index is 12.2. The molecule has 0 saturated heterocycles. The maximum Gasteiger partial charge on any atom is 0.305 e. The number of carboxylic acids is 1. The molecule has 1 rings (SSSR count). The van der Waals surface area contributed by atoms with Gasteiger partial charge in [-0.05, 0) is 30.5 Å². The summed E-state index contributed by atoms with van der Waals surface area (Å²) in [5.74, 6) is -1.09. The van der Waals surface area contributed by atoms with Gasteiger partial charge in [-0.2, -0.15) is 0 Å². The fraction of sp³-hybridized carbons (Fsp3) is 0.429. The summed E-state index contributed by atoms with van der Waals surface area (Å²) in [6.07, 6.45) is -0.0730. The summed E-state index contributed by atoms with van der Waals surface area (Å²) < 4.78 is 0.861. The molecule has 1 unspecified atom stereocenters. The number of amides is 1. The maximum absolute atomic E-state index is 12.2. The highest BCUT2D eigenvalue weighted by atomic mass is 79.9. The molecule has 1 aromatic rings. The number of hydrogen-bond acceptors (Lipinski definition) is 2. The van der Waals surface area contributed by atoms with Gasteiger partial charge in [-0.15, -0.1) is 0 Å². The molecule has 1 atom stereocenters. The Morgan fingerprint density at radius 1 is 1.37 bits per heavy atom. The Labute approximate surface area is 121 Å². The third-order valence-electron chi connectivity index (χ3n) is 3.03. The molecule has 0 spiro atoms. The van der Waals surface area contributed by atoms with Gasteiger partial charge in [-0.3, -0.25) is 9.59 Å². The fourth-order valence-corrected chi connectivity index (χ4v) is 2.11. The van der Waals surface area contributed by atoms with E-state index in [1.165, 1.54) is 0 Å². The van der Waals surface area contributed by atoms with Crippen LogP contribution < -0.4 is 5.32 Å². The number of aliphatic carboxylic acids is 1. The van der Waals surface area contributed by atoms with Gasteiger partial charge in [0.05, 0.1) is 6.42 Å². The van der Waals surface area contributed by atoms with Crippen molar-refractivity contribution in [1.29, 1.82) is 0 Å². The van der Waals surface area contributed by atoms with Crippen molar-refractivity contribution in [1.82, 2.24) is 5.32 Å². The van der Waals surface area contributed by atoms with Gasteiger partial charge < -0.3 is 10.4 Å². The molecule has 0 heterocycles. The Kier molecular flexibility index (Phi) is 5.54. The summed E-state index contributed by atoms with van der Waals surface area (Å²) in [4.78, 5) is 23.0. The van der Waals surface area contributed by atoms with Crippen LogP contribution in [0.1, 0.15) is 36.2 Å². The zero-order valence-corrected chi connectivity index (χ0v) is 12.8. The average molecular weight is 328 g/mol. The molecule has 0 aliphatic rings. The quantitative estimate of drug-likeness (QED) is 0.873. The van der Waals surface area contributed by atoms with Crippen LogP contribution >= 0.6 is 15.9 Å². The van der Waals surface area contributed by atoms with E-state index >= 15 is 0 Å². The first kappa shape index (κ1) is 15.7. The van der Waals surface area contributed by atoms with Crippen molar-refractivity contribution in [3.8, 4) is 0 Å². The average Bonchev–Trinajstić information content (AvgIpc) is 2.31. The molecule has 5 heteroatoms. The first-order chi connectivity index (χ1) is 8.82. The second kappa shape index (κ2) is 6.70. The highest BCUT2D eigenvalue weighted by molar-refractivity contribution is 9.10. The molecule has 1 amide bonds. The van der Waals surface area contributed by atoms with Gasteiger partial charge in [0.2, 0.25) is 0 Å². The lowest BCUT2D eigenvalue weighted by atomic mass is 10.00. The third-order valence-corrected chi connectivity index (χ3v) is 3.89. The largest absolute Gasteiger partial charge is 0.481 e. The second-order valence-electron chi connectivity index (χ2n) is 4.83. The van der Waals surface area contributed by atoms with E-state index in [2.05, 4.69) is 21.2 Å². The van der Waals surface area contributed by atoms with Crippen LogP contribution in [-0.4, -0.2) is 23.0 Å². The van der Waals surface area contributed by atoms with E-state index in [0.717, 1.165) is 10.0 Å². The van der Waals surface area contributed by atoms with Gasteiger partial charge in [0.25, 0.3) is 5.91 Å². The van der Waals surface area contributed by atoms with Crippen LogP contribution in [0.2, 0.25) is 0 Å². The molecule has 1 aromatic carbocycles. The summed E-state index contributed by atoms with van der Waals surface area (Å²) >= 11 is 3.38. The van der Waals surface area contributed by atoms with Crippen LogP contribution in [0.4, 0.5) is 0 Å². The molecular weight excluding hydrogens is 310 g/mol. The first-order valence-electron chi connectivity index (χ1n) is 6.10. The molecule has 0 bridgehead atoms. The SMILES string of the molecule is Cc1c(Br)cccc1C(=O)NC(CC(=O)O)C(C)C.